The molecule has 180 valence electrons. The number of nitrogens with zero attached hydrogens (tertiary/aromatic N) is 4. The fourth-order valence-corrected chi connectivity index (χ4v) is 4.00. The van der Waals surface area contributed by atoms with Crippen LogP contribution in [-0.4, -0.2) is 44.8 Å². The number of hydrogen-bond donors (Lipinski definition) is 0. The lowest BCUT2D eigenvalue weighted by molar-refractivity contribution is 0.0474. The van der Waals surface area contributed by atoms with Crippen molar-refractivity contribution in [2.75, 3.05) is 13.7 Å². The van der Waals surface area contributed by atoms with Gasteiger partial charge in [0.1, 0.15) is 18.4 Å². The van der Waals surface area contributed by atoms with Crippen LogP contribution in [0, 0.1) is 13.8 Å². The molecule has 0 saturated carbocycles. The van der Waals surface area contributed by atoms with Crippen LogP contribution in [0.25, 0.3) is 0 Å². The number of carbonyl (C=O) groups excluding carboxylic acids is 2. The summed E-state index contributed by atoms with van der Waals surface area (Å²) in [5.41, 5.74) is 5.00. The Labute approximate surface area is 204 Å². The Balaban J connectivity index is 1.33. The van der Waals surface area contributed by atoms with Crippen molar-refractivity contribution in [3.05, 3.63) is 101 Å². The van der Waals surface area contributed by atoms with Crippen molar-refractivity contribution in [2.45, 2.75) is 33.4 Å². The minimum absolute atomic E-state index is 0.218. The third-order valence-corrected chi connectivity index (χ3v) is 5.99. The average molecular weight is 473 g/mol. The molecule has 0 saturated heterocycles. The number of esters is 1. The molecule has 8 heteroatoms. The maximum atomic E-state index is 12.8. The standard InChI is InChI=1S/C27H28N4O4/c1-19-14-25(20(2)31(19)13-12-21-6-10-24(34-3)11-7-21)26(32)16-35-27(33)23-8-4-22(5-9-23)15-30-18-28-17-29-30/h4-11,14,17-18H,12-13,15-16H2,1-3H3. The predicted octanol–water partition coefficient (Wildman–Crippen LogP) is 4.04. The highest BCUT2D eigenvalue weighted by Gasteiger charge is 2.18. The molecule has 4 rings (SSSR count). The zero-order valence-electron chi connectivity index (χ0n) is 20.1. The van der Waals surface area contributed by atoms with Gasteiger partial charge in [0.2, 0.25) is 5.78 Å². The first-order valence-corrected chi connectivity index (χ1v) is 11.4. The van der Waals surface area contributed by atoms with E-state index >= 15 is 0 Å². The van der Waals surface area contributed by atoms with Crippen LogP contribution in [0.2, 0.25) is 0 Å². The van der Waals surface area contributed by atoms with Gasteiger partial charge in [0, 0.05) is 23.5 Å². The van der Waals surface area contributed by atoms with E-state index in [4.69, 9.17) is 9.47 Å². The van der Waals surface area contributed by atoms with Crippen LogP contribution in [0.3, 0.4) is 0 Å². The van der Waals surface area contributed by atoms with E-state index in [1.165, 1.54) is 11.9 Å². The number of benzene rings is 2. The summed E-state index contributed by atoms with van der Waals surface area (Å²) >= 11 is 0. The lowest BCUT2D eigenvalue weighted by atomic mass is 10.1. The number of ketones is 1. The maximum absolute atomic E-state index is 12.8. The number of aromatic nitrogens is 4. The van der Waals surface area contributed by atoms with Crippen molar-refractivity contribution in [3.8, 4) is 5.75 Å². The molecule has 0 fully saturated rings. The second-order valence-corrected chi connectivity index (χ2v) is 8.32. The Kier molecular flexibility index (Phi) is 7.40. The molecule has 2 aromatic carbocycles. The first kappa shape index (κ1) is 23.9. The van der Waals surface area contributed by atoms with E-state index < -0.39 is 5.97 Å². The summed E-state index contributed by atoms with van der Waals surface area (Å²) in [4.78, 5) is 29.2. The van der Waals surface area contributed by atoms with Crippen molar-refractivity contribution in [3.63, 3.8) is 0 Å². The molecule has 0 unspecified atom stereocenters. The molecule has 8 nitrogen and oxygen atoms in total. The normalized spacial score (nSPS) is 10.8. The summed E-state index contributed by atoms with van der Waals surface area (Å²) in [6.45, 7) is 4.90. The third-order valence-electron chi connectivity index (χ3n) is 5.99. The number of aryl methyl sites for hydroxylation is 2. The zero-order valence-corrected chi connectivity index (χ0v) is 20.1. The Morgan fingerprint density at radius 1 is 0.971 bits per heavy atom. The number of Topliss-reactive ketones (excluding diaryl/α,β-unsaturated/α-hetero) is 1. The van der Waals surface area contributed by atoms with Gasteiger partial charge in [-0.2, -0.15) is 5.10 Å². The molecule has 0 aliphatic heterocycles. The van der Waals surface area contributed by atoms with Gasteiger partial charge in [0.05, 0.1) is 19.2 Å². The SMILES string of the molecule is COc1ccc(CCn2c(C)cc(C(=O)COC(=O)c3ccc(Cn4cncn4)cc3)c2C)cc1. The summed E-state index contributed by atoms with van der Waals surface area (Å²) in [5.74, 6) is 0.0798. The highest BCUT2D eigenvalue weighted by atomic mass is 16.5. The number of ether oxygens (including phenoxy) is 2. The van der Waals surface area contributed by atoms with Gasteiger partial charge in [-0.05, 0) is 61.7 Å². The van der Waals surface area contributed by atoms with E-state index in [0.29, 0.717) is 17.7 Å². The van der Waals surface area contributed by atoms with E-state index in [-0.39, 0.29) is 12.4 Å². The molecule has 4 aromatic rings. The molecular formula is C27H28N4O4. The molecular weight excluding hydrogens is 444 g/mol. The molecule has 0 spiro atoms. The highest BCUT2D eigenvalue weighted by molar-refractivity contribution is 6.00. The summed E-state index contributed by atoms with van der Waals surface area (Å²) in [7, 11) is 1.65. The summed E-state index contributed by atoms with van der Waals surface area (Å²) in [6.07, 6.45) is 3.93. The van der Waals surface area contributed by atoms with Gasteiger partial charge < -0.3 is 14.0 Å². The Morgan fingerprint density at radius 3 is 2.34 bits per heavy atom. The average Bonchev–Trinajstić information content (AvgIpc) is 3.49. The first-order chi connectivity index (χ1) is 16.9. The van der Waals surface area contributed by atoms with E-state index in [9.17, 15) is 9.59 Å². The number of rotatable bonds is 10. The Morgan fingerprint density at radius 2 is 1.69 bits per heavy atom. The van der Waals surface area contributed by atoms with Gasteiger partial charge in [-0.3, -0.25) is 4.79 Å². The fourth-order valence-electron chi connectivity index (χ4n) is 4.00. The van der Waals surface area contributed by atoms with E-state index in [1.54, 1.807) is 30.3 Å². The topological polar surface area (TPSA) is 88.2 Å². The molecule has 2 heterocycles. The smallest absolute Gasteiger partial charge is 0.338 e. The van der Waals surface area contributed by atoms with Crippen LogP contribution in [0.4, 0.5) is 0 Å². The molecule has 0 aliphatic rings. The van der Waals surface area contributed by atoms with Gasteiger partial charge in [-0.1, -0.05) is 24.3 Å². The van der Waals surface area contributed by atoms with Crippen LogP contribution < -0.4 is 4.74 Å². The fraction of sp³-hybridized carbons (Fsp3) is 0.259. The van der Waals surface area contributed by atoms with Crippen molar-refractivity contribution >= 4 is 11.8 Å². The van der Waals surface area contributed by atoms with Crippen LogP contribution in [-0.2, 0) is 24.2 Å². The van der Waals surface area contributed by atoms with Crippen molar-refractivity contribution in [2.24, 2.45) is 0 Å². The third kappa shape index (κ3) is 5.84. The van der Waals surface area contributed by atoms with E-state index in [0.717, 1.165) is 35.7 Å². The number of methoxy groups -OCH3 is 1. The van der Waals surface area contributed by atoms with Gasteiger partial charge in [0.25, 0.3) is 0 Å². The first-order valence-electron chi connectivity index (χ1n) is 11.4. The lowest BCUT2D eigenvalue weighted by Crippen LogP contribution is -2.15. The van der Waals surface area contributed by atoms with Crippen molar-refractivity contribution < 1.29 is 19.1 Å². The van der Waals surface area contributed by atoms with Gasteiger partial charge in [-0.15, -0.1) is 0 Å². The predicted molar refractivity (Wildman–Crippen MR) is 131 cm³/mol. The molecule has 0 radical (unpaired) electrons. The van der Waals surface area contributed by atoms with Crippen molar-refractivity contribution in [1.29, 1.82) is 0 Å². The Bertz CT molecular complexity index is 1290. The van der Waals surface area contributed by atoms with E-state index in [1.807, 2.05) is 56.3 Å². The monoisotopic (exact) mass is 472 g/mol. The number of carbonyl (C=O) groups is 2. The highest BCUT2D eigenvalue weighted by Crippen LogP contribution is 2.18. The zero-order chi connectivity index (χ0) is 24.8. The van der Waals surface area contributed by atoms with Crippen LogP contribution in [0.1, 0.15) is 43.2 Å². The van der Waals surface area contributed by atoms with E-state index in [2.05, 4.69) is 14.6 Å². The molecule has 0 amide bonds. The lowest BCUT2D eigenvalue weighted by Gasteiger charge is -2.10. The molecule has 0 N–H and O–H groups in total. The second-order valence-electron chi connectivity index (χ2n) is 8.32. The summed E-state index contributed by atoms with van der Waals surface area (Å²) < 4.78 is 14.3. The molecule has 2 aromatic heterocycles. The molecule has 0 aliphatic carbocycles. The Hall–Kier alpha value is -4.20. The second kappa shape index (κ2) is 10.8. The van der Waals surface area contributed by atoms with Crippen molar-refractivity contribution in [1.82, 2.24) is 19.3 Å². The van der Waals surface area contributed by atoms with Crippen LogP contribution >= 0.6 is 0 Å². The maximum Gasteiger partial charge on any atom is 0.338 e. The minimum atomic E-state index is -0.529. The summed E-state index contributed by atoms with van der Waals surface area (Å²) in [6, 6.07) is 16.9. The van der Waals surface area contributed by atoms with Crippen LogP contribution in [0.5, 0.6) is 5.75 Å². The van der Waals surface area contributed by atoms with Crippen LogP contribution in [0.15, 0.2) is 67.3 Å². The minimum Gasteiger partial charge on any atom is -0.497 e. The quantitative estimate of drug-likeness (QED) is 0.256. The van der Waals surface area contributed by atoms with Gasteiger partial charge >= 0.3 is 5.97 Å². The van der Waals surface area contributed by atoms with Gasteiger partial charge in [0.15, 0.2) is 6.61 Å². The number of hydrogen-bond acceptors (Lipinski definition) is 6. The molecule has 0 bridgehead atoms. The van der Waals surface area contributed by atoms with Gasteiger partial charge in [-0.25, -0.2) is 14.5 Å². The molecule has 35 heavy (non-hydrogen) atoms. The summed E-state index contributed by atoms with van der Waals surface area (Å²) in [5, 5.41) is 4.07. The molecule has 0 atom stereocenters. The largest absolute Gasteiger partial charge is 0.497 e.